The number of carboxylic acids is 1. The third-order valence-electron chi connectivity index (χ3n) is 5.34. The lowest BCUT2D eigenvalue weighted by Gasteiger charge is -2.49. The maximum atomic E-state index is 11.7. The van der Waals surface area contributed by atoms with Gasteiger partial charge in [0.2, 0.25) is 0 Å². The predicted molar refractivity (Wildman–Crippen MR) is 75.3 cm³/mol. The first-order chi connectivity index (χ1) is 9.48. The number of fused-ring (bicyclic) bond motifs is 1. The number of sulfone groups is 1. The number of carboxylic acid groups (broad SMARTS) is 1. The minimum Gasteiger partial charge on any atom is -0.480 e. The molecule has 6 heteroatoms. The molecule has 5 nitrogen and oxygen atoms in total. The van der Waals surface area contributed by atoms with Crippen LogP contribution >= 0.6 is 0 Å². The summed E-state index contributed by atoms with van der Waals surface area (Å²) in [7, 11) is -2.97. The van der Waals surface area contributed by atoms with E-state index in [-0.39, 0.29) is 23.6 Å². The summed E-state index contributed by atoms with van der Waals surface area (Å²) < 4.78 is 23.5. The molecule has 4 unspecified atom stereocenters. The monoisotopic (exact) mass is 301 g/mol. The first kappa shape index (κ1) is 14.3. The molecule has 0 bridgehead atoms. The lowest BCUT2D eigenvalue weighted by atomic mass is 9.75. The Morgan fingerprint density at radius 2 is 1.80 bits per heavy atom. The van der Waals surface area contributed by atoms with Crippen molar-refractivity contribution in [3.8, 4) is 0 Å². The van der Waals surface area contributed by atoms with Gasteiger partial charge in [-0.2, -0.15) is 0 Å². The van der Waals surface area contributed by atoms with Gasteiger partial charge in [-0.15, -0.1) is 0 Å². The molecular weight excluding hydrogens is 278 g/mol. The van der Waals surface area contributed by atoms with E-state index in [1.54, 1.807) is 0 Å². The number of likely N-dealkylation sites (tertiary alicyclic amines) is 1. The van der Waals surface area contributed by atoms with Crippen LogP contribution in [0, 0.1) is 5.92 Å². The molecule has 0 aromatic carbocycles. The zero-order valence-corrected chi connectivity index (χ0v) is 12.5. The maximum absolute atomic E-state index is 11.7. The van der Waals surface area contributed by atoms with Crippen molar-refractivity contribution in [1.82, 2.24) is 4.90 Å². The highest BCUT2D eigenvalue weighted by Crippen LogP contribution is 2.40. The molecule has 2 aliphatic heterocycles. The second-order valence-electron chi connectivity index (χ2n) is 6.55. The van der Waals surface area contributed by atoms with Gasteiger partial charge in [-0.3, -0.25) is 9.69 Å². The lowest BCUT2D eigenvalue weighted by molar-refractivity contribution is -0.150. The van der Waals surface area contributed by atoms with E-state index >= 15 is 0 Å². The Bertz CT molecular complexity index is 489. The maximum Gasteiger partial charge on any atom is 0.320 e. The average Bonchev–Trinajstić information content (AvgIpc) is 2.77. The van der Waals surface area contributed by atoms with Crippen LogP contribution in [0.2, 0.25) is 0 Å². The third kappa shape index (κ3) is 2.60. The molecule has 0 amide bonds. The summed E-state index contributed by atoms with van der Waals surface area (Å²) in [6.45, 7) is 0. The SMILES string of the molecule is O=C(O)C1CCC2CCCCC2N1C1CCS(=O)(=O)C1. The Hall–Kier alpha value is -0.620. The summed E-state index contributed by atoms with van der Waals surface area (Å²) in [4.78, 5) is 13.6. The molecule has 2 heterocycles. The molecule has 4 atom stereocenters. The van der Waals surface area contributed by atoms with Gasteiger partial charge in [0, 0.05) is 12.1 Å². The van der Waals surface area contributed by atoms with Gasteiger partial charge in [0.25, 0.3) is 0 Å². The fourth-order valence-electron chi connectivity index (χ4n) is 4.46. The van der Waals surface area contributed by atoms with Crippen molar-refractivity contribution in [3.05, 3.63) is 0 Å². The van der Waals surface area contributed by atoms with E-state index in [0.717, 1.165) is 19.3 Å². The fraction of sp³-hybridized carbons (Fsp3) is 0.929. The van der Waals surface area contributed by atoms with Crippen LogP contribution in [0.4, 0.5) is 0 Å². The second kappa shape index (κ2) is 5.30. The minimum absolute atomic E-state index is 0.0769. The molecule has 3 fully saturated rings. The molecule has 1 N–H and O–H groups in total. The molecule has 0 aromatic heterocycles. The highest BCUT2D eigenvalue weighted by Gasteiger charge is 2.46. The number of rotatable bonds is 2. The molecule has 2 saturated heterocycles. The molecule has 0 aromatic rings. The molecule has 3 rings (SSSR count). The number of nitrogens with zero attached hydrogens (tertiary/aromatic N) is 1. The topological polar surface area (TPSA) is 74.7 Å². The Balaban J connectivity index is 1.86. The smallest absolute Gasteiger partial charge is 0.320 e. The van der Waals surface area contributed by atoms with Crippen molar-refractivity contribution in [2.75, 3.05) is 11.5 Å². The van der Waals surface area contributed by atoms with Gasteiger partial charge < -0.3 is 5.11 Å². The van der Waals surface area contributed by atoms with E-state index < -0.39 is 21.8 Å². The highest BCUT2D eigenvalue weighted by molar-refractivity contribution is 7.91. The molecule has 1 saturated carbocycles. The van der Waals surface area contributed by atoms with E-state index in [9.17, 15) is 18.3 Å². The van der Waals surface area contributed by atoms with Crippen LogP contribution < -0.4 is 0 Å². The molecule has 20 heavy (non-hydrogen) atoms. The van der Waals surface area contributed by atoms with Crippen LogP contribution in [0.25, 0.3) is 0 Å². The summed E-state index contributed by atoms with van der Waals surface area (Å²) in [5.41, 5.74) is 0. The van der Waals surface area contributed by atoms with E-state index in [1.165, 1.54) is 12.8 Å². The number of piperidine rings is 1. The van der Waals surface area contributed by atoms with E-state index in [1.807, 2.05) is 0 Å². The average molecular weight is 301 g/mol. The standard InChI is InChI=1S/C14H23NO4S/c16-14(17)13-6-5-10-3-1-2-4-12(10)15(13)11-7-8-20(18,19)9-11/h10-13H,1-9H2,(H,16,17). The highest BCUT2D eigenvalue weighted by atomic mass is 32.2. The summed E-state index contributed by atoms with van der Waals surface area (Å²) in [5, 5.41) is 9.50. The van der Waals surface area contributed by atoms with Crippen LogP contribution in [0.3, 0.4) is 0 Å². The van der Waals surface area contributed by atoms with Crippen LogP contribution in [0.1, 0.15) is 44.9 Å². The first-order valence-corrected chi connectivity index (χ1v) is 9.51. The van der Waals surface area contributed by atoms with Gasteiger partial charge >= 0.3 is 5.97 Å². The Morgan fingerprint density at radius 3 is 2.45 bits per heavy atom. The van der Waals surface area contributed by atoms with Gasteiger partial charge in [-0.05, 0) is 38.0 Å². The van der Waals surface area contributed by atoms with Crippen molar-refractivity contribution in [2.24, 2.45) is 5.92 Å². The van der Waals surface area contributed by atoms with Crippen LogP contribution in [0.15, 0.2) is 0 Å². The second-order valence-corrected chi connectivity index (χ2v) is 8.78. The quantitative estimate of drug-likeness (QED) is 0.831. The van der Waals surface area contributed by atoms with E-state index in [2.05, 4.69) is 4.90 Å². The zero-order chi connectivity index (χ0) is 14.3. The van der Waals surface area contributed by atoms with Crippen molar-refractivity contribution >= 4 is 15.8 Å². The molecule has 0 radical (unpaired) electrons. The van der Waals surface area contributed by atoms with Gasteiger partial charge in [0.05, 0.1) is 11.5 Å². The summed E-state index contributed by atoms with van der Waals surface area (Å²) >= 11 is 0. The van der Waals surface area contributed by atoms with Crippen molar-refractivity contribution in [2.45, 2.75) is 63.1 Å². The summed E-state index contributed by atoms with van der Waals surface area (Å²) in [6, 6.07) is -0.267. The molecule has 114 valence electrons. The predicted octanol–water partition coefficient (Wildman–Crippen LogP) is 1.28. The van der Waals surface area contributed by atoms with Crippen molar-refractivity contribution in [3.63, 3.8) is 0 Å². The Labute approximate surface area is 120 Å². The van der Waals surface area contributed by atoms with Crippen LogP contribution in [0.5, 0.6) is 0 Å². The molecular formula is C14H23NO4S. The molecule has 3 aliphatic rings. The molecule has 0 spiro atoms. The summed E-state index contributed by atoms with van der Waals surface area (Å²) in [6.07, 6.45) is 6.84. The number of carbonyl (C=O) groups is 1. The lowest BCUT2D eigenvalue weighted by Crippen LogP contribution is -2.59. The largest absolute Gasteiger partial charge is 0.480 e. The minimum atomic E-state index is -2.97. The van der Waals surface area contributed by atoms with Crippen molar-refractivity contribution in [1.29, 1.82) is 0 Å². The molecule has 1 aliphatic carbocycles. The van der Waals surface area contributed by atoms with Crippen LogP contribution in [-0.2, 0) is 14.6 Å². The first-order valence-electron chi connectivity index (χ1n) is 7.68. The van der Waals surface area contributed by atoms with Gasteiger partial charge in [-0.1, -0.05) is 12.8 Å². The Kier molecular flexibility index (Phi) is 3.79. The van der Waals surface area contributed by atoms with Crippen molar-refractivity contribution < 1.29 is 18.3 Å². The Morgan fingerprint density at radius 1 is 1.05 bits per heavy atom. The van der Waals surface area contributed by atoms with Gasteiger partial charge in [-0.25, -0.2) is 8.42 Å². The summed E-state index contributed by atoms with van der Waals surface area (Å²) in [5.74, 6) is 0.165. The van der Waals surface area contributed by atoms with Gasteiger partial charge in [0.1, 0.15) is 6.04 Å². The fourth-order valence-corrected chi connectivity index (χ4v) is 6.18. The zero-order valence-electron chi connectivity index (χ0n) is 11.7. The third-order valence-corrected chi connectivity index (χ3v) is 7.09. The van der Waals surface area contributed by atoms with E-state index in [0.29, 0.717) is 18.8 Å². The number of hydrogen-bond acceptors (Lipinski definition) is 4. The number of hydrogen-bond donors (Lipinski definition) is 1. The number of aliphatic carboxylic acids is 1. The van der Waals surface area contributed by atoms with E-state index in [4.69, 9.17) is 0 Å². The van der Waals surface area contributed by atoms with Gasteiger partial charge in [0.15, 0.2) is 9.84 Å². The normalized spacial score (nSPS) is 41.2. The van der Waals surface area contributed by atoms with Crippen LogP contribution in [-0.4, -0.2) is 54.0 Å².